The van der Waals surface area contributed by atoms with E-state index >= 15 is 0 Å². The maximum absolute atomic E-state index is 12.8. The molecule has 1 atom stereocenters. The highest BCUT2D eigenvalue weighted by atomic mass is 35.5. The molecule has 0 aliphatic rings. The smallest absolute Gasteiger partial charge is 0.238 e. The Morgan fingerprint density at radius 1 is 1.19 bits per heavy atom. The number of halogens is 1. The van der Waals surface area contributed by atoms with Gasteiger partial charge in [0.1, 0.15) is 5.75 Å². The molecule has 4 aromatic rings. The number of imidazole rings is 1. The number of anilines is 1. The van der Waals surface area contributed by atoms with Crippen molar-refractivity contribution >= 4 is 46.1 Å². The molecule has 2 aromatic heterocycles. The van der Waals surface area contributed by atoms with E-state index in [2.05, 4.69) is 10.3 Å². The van der Waals surface area contributed by atoms with E-state index in [1.165, 1.54) is 11.8 Å². The maximum atomic E-state index is 12.8. The van der Waals surface area contributed by atoms with Crippen molar-refractivity contribution in [2.45, 2.75) is 24.3 Å². The Kier molecular flexibility index (Phi) is 6.15. The summed E-state index contributed by atoms with van der Waals surface area (Å²) in [6.45, 7) is 3.73. The number of carbonyl (C=O) groups is 1. The molecule has 6 nitrogen and oxygen atoms in total. The first-order chi connectivity index (χ1) is 15.0. The summed E-state index contributed by atoms with van der Waals surface area (Å²) >= 11 is 7.59. The van der Waals surface area contributed by atoms with E-state index in [1.54, 1.807) is 19.4 Å². The molecule has 1 amide bonds. The summed E-state index contributed by atoms with van der Waals surface area (Å²) < 4.78 is 7.32. The number of ether oxygens (including phenoxy) is 1. The summed E-state index contributed by atoms with van der Waals surface area (Å²) in [7, 11) is 1.64. The predicted octanol–water partition coefficient (Wildman–Crippen LogP) is 5.51. The van der Waals surface area contributed by atoms with Crippen LogP contribution in [0.5, 0.6) is 5.75 Å². The number of amides is 1. The van der Waals surface area contributed by atoms with Gasteiger partial charge >= 0.3 is 0 Å². The van der Waals surface area contributed by atoms with Gasteiger partial charge in [0.2, 0.25) is 5.91 Å². The van der Waals surface area contributed by atoms with Crippen LogP contribution in [-0.2, 0) is 4.79 Å². The number of rotatable bonds is 6. The Labute approximate surface area is 189 Å². The summed E-state index contributed by atoms with van der Waals surface area (Å²) in [6, 6.07) is 17.4. The number of pyridine rings is 1. The normalized spacial score (nSPS) is 12.0. The molecule has 158 valence electrons. The Balaban J connectivity index is 1.63. The number of hydrogen-bond donors (Lipinski definition) is 1. The van der Waals surface area contributed by atoms with Crippen LogP contribution in [0.15, 0.2) is 66.0 Å². The molecule has 1 unspecified atom stereocenters. The highest BCUT2D eigenvalue weighted by Gasteiger charge is 2.21. The summed E-state index contributed by atoms with van der Waals surface area (Å²) in [6.07, 6.45) is 1.67. The summed E-state index contributed by atoms with van der Waals surface area (Å²) in [5.41, 5.74) is 3.69. The second-order valence-electron chi connectivity index (χ2n) is 7.01. The van der Waals surface area contributed by atoms with Crippen molar-refractivity contribution in [3.05, 3.63) is 71.4 Å². The van der Waals surface area contributed by atoms with Gasteiger partial charge in [0.15, 0.2) is 11.0 Å². The first-order valence-electron chi connectivity index (χ1n) is 9.68. The molecule has 0 aliphatic carbocycles. The van der Waals surface area contributed by atoms with E-state index in [0.29, 0.717) is 10.8 Å². The zero-order chi connectivity index (χ0) is 22.0. The largest absolute Gasteiger partial charge is 0.497 e. The molecule has 0 saturated carbocycles. The first kappa shape index (κ1) is 21.2. The minimum absolute atomic E-state index is 0.198. The van der Waals surface area contributed by atoms with Crippen LogP contribution in [0.2, 0.25) is 5.02 Å². The van der Waals surface area contributed by atoms with Gasteiger partial charge in [-0.1, -0.05) is 35.5 Å². The maximum Gasteiger partial charge on any atom is 0.238 e. The number of carbonyl (C=O) groups excluding carboxylic acids is 1. The van der Waals surface area contributed by atoms with Gasteiger partial charge in [-0.3, -0.25) is 9.36 Å². The molecule has 2 aromatic carbocycles. The molecule has 2 heterocycles. The van der Waals surface area contributed by atoms with Crippen LogP contribution in [-0.4, -0.2) is 32.8 Å². The zero-order valence-corrected chi connectivity index (χ0v) is 18.9. The molecule has 0 bridgehead atoms. The lowest BCUT2D eigenvalue weighted by Gasteiger charge is -2.14. The molecule has 8 heteroatoms. The molecule has 31 heavy (non-hydrogen) atoms. The lowest BCUT2D eigenvalue weighted by molar-refractivity contribution is -0.115. The van der Waals surface area contributed by atoms with Crippen molar-refractivity contribution in [2.24, 2.45) is 0 Å². The van der Waals surface area contributed by atoms with Crippen molar-refractivity contribution in [3.8, 4) is 11.4 Å². The van der Waals surface area contributed by atoms with Crippen molar-refractivity contribution < 1.29 is 9.53 Å². The number of hydrogen-bond acceptors (Lipinski definition) is 5. The molecule has 0 fully saturated rings. The molecule has 0 aliphatic heterocycles. The van der Waals surface area contributed by atoms with Crippen molar-refractivity contribution in [1.82, 2.24) is 14.5 Å². The van der Waals surface area contributed by atoms with Crippen LogP contribution >= 0.6 is 23.4 Å². The summed E-state index contributed by atoms with van der Waals surface area (Å²) in [5, 5.41) is 3.52. The first-order valence-corrected chi connectivity index (χ1v) is 10.9. The highest BCUT2D eigenvalue weighted by Crippen LogP contribution is 2.32. The fourth-order valence-electron chi connectivity index (χ4n) is 3.12. The Morgan fingerprint density at radius 3 is 2.65 bits per heavy atom. The van der Waals surface area contributed by atoms with Gasteiger partial charge in [-0.2, -0.15) is 0 Å². The fraction of sp³-hybridized carbons (Fsp3) is 0.174. The van der Waals surface area contributed by atoms with E-state index in [4.69, 9.17) is 21.3 Å². The average molecular weight is 453 g/mol. The number of para-hydroxylation sites is 2. The van der Waals surface area contributed by atoms with Gasteiger partial charge in [0.25, 0.3) is 0 Å². The lowest BCUT2D eigenvalue weighted by atomic mass is 10.2. The SMILES string of the molecule is COc1ccc(-n2c(SC(C)C(=O)Nc3ncc(C)cc3Cl)nc3ccccc32)cc1. The van der Waals surface area contributed by atoms with E-state index < -0.39 is 5.25 Å². The average Bonchev–Trinajstić information content (AvgIpc) is 3.13. The quantitative estimate of drug-likeness (QED) is 0.390. The molecule has 0 radical (unpaired) electrons. The number of nitrogens with zero attached hydrogens (tertiary/aromatic N) is 3. The van der Waals surface area contributed by atoms with E-state index in [0.717, 1.165) is 33.2 Å². The minimum atomic E-state index is -0.423. The number of aryl methyl sites for hydroxylation is 1. The van der Waals surface area contributed by atoms with E-state index in [-0.39, 0.29) is 5.91 Å². The number of nitrogens with one attached hydrogen (secondary N) is 1. The van der Waals surface area contributed by atoms with Gasteiger partial charge in [-0.05, 0) is 61.9 Å². The number of benzene rings is 2. The Bertz CT molecular complexity index is 1240. The third-order valence-electron chi connectivity index (χ3n) is 4.73. The molecule has 4 rings (SSSR count). The summed E-state index contributed by atoms with van der Waals surface area (Å²) in [4.78, 5) is 21.8. The molecular weight excluding hydrogens is 432 g/mol. The third-order valence-corrected chi connectivity index (χ3v) is 6.07. The number of aromatic nitrogens is 3. The summed E-state index contributed by atoms with van der Waals surface area (Å²) in [5.74, 6) is 0.933. The van der Waals surface area contributed by atoms with Crippen molar-refractivity contribution in [3.63, 3.8) is 0 Å². The van der Waals surface area contributed by atoms with Crippen LogP contribution in [0.1, 0.15) is 12.5 Å². The molecule has 0 spiro atoms. The molecule has 1 N–H and O–H groups in total. The zero-order valence-electron chi connectivity index (χ0n) is 17.3. The number of fused-ring (bicyclic) bond motifs is 1. The van der Waals surface area contributed by atoms with E-state index in [1.807, 2.05) is 66.9 Å². The topological polar surface area (TPSA) is 69.0 Å². The Hall–Kier alpha value is -3.03. The van der Waals surface area contributed by atoms with Gasteiger partial charge in [-0.15, -0.1) is 0 Å². The molecular formula is C23H21ClN4O2S. The lowest BCUT2D eigenvalue weighted by Crippen LogP contribution is -2.23. The van der Waals surface area contributed by atoms with Crippen LogP contribution < -0.4 is 10.1 Å². The number of thioether (sulfide) groups is 1. The van der Waals surface area contributed by atoms with Gasteiger partial charge < -0.3 is 10.1 Å². The van der Waals surface area contributed by atoms with Crippen LogP contribution in [0.4, 0.5) is 5.82 Å². The molecule has 0 saturated heterocycles. The predicted molar refractivity (Wildman–Crippen MR) is 126 cm³/mol. The van der Waals surface area contributed by atoms with Gasteiger partial charge in [0.05, 0.1) is 28.4 Å². The van der Waals surface area contributed by atoms with Crippen LogP contribution in [0, 0.1) is 6.92 Å². The Morgan fingerprint density at radius 2 is 1.94 bits per heavy atom. The van der Waals surface area contributed by atoms with Crippen molar-refractivity contribution in [1.29, 1.82) is 0 Å². The fourth-order valence-corrected chi connectivity index (χ4v) is 4.33. The van der Waals surface area contributed by atoms with Crippen molar-refractivity contribution in [2.75, 3.05) is 12.4 Å². The second kappa shape index (κ2) is 8.99. The van der Waals surface area contributed by atoms with Crippen LogP contribution in [0.3, 0.4) is 0 Å². The monoisotopic (exact) mass is 452 g/mol. The third kappa shape index (κ3) is 4.52. The van der Waals surface area contributed by atoms with Gasteiger partial charge in [-0.25, -0.2) is 9.97 Å². The second-order valence-corrected chi connectivity index (χ2v) is 8.72. The minimum Gasteiger partial charge on any atom is -0.497 e. The van der Waals surface area contributed by atoms with Crippen LogP contribution in [0.25, 0.3) is 16.7 Å². The standard InChI is InChI=1S/C23H21ClN4O2S/c1-14-12-18(24)21(25-13-14)27-22(29)15(2)31-23-26-19-6-4-5-7-20(19)28(23)16-8-10-17(30-3)11-9-16/h4-13,15H,1-3H3,(H,25,27,29). The number of methoxy groups -OCH3 is 1. The van der Waals surface area contributed by atoms with Gasteiger partial charge in [0, 0.05) is 11.9 Å². The van der Waals surface area contributed by atoms with E-state index in [9.17, 15) is 4.79 Å². The highest BCUT2D eigenvalue weighted by molar-refractivity contribution is 8.00.